The Morgan fingerprint density at radius 2 is 1.29 bits per heavy atom. The van der Waals surface area contributed by atoms with Crippen LogP contribution in [0.2, 0.25) is 0 Å². The number of hydrogen-bond acceptors (Lipinski definition) is 19. The SMILES string of the molecule is Cc1cccc(C)c1N1C(=O)CC(N[C@@H]2[C@H](O)[C@@H](O[C@H]3/C=C/C=C/C=C/C=C/CC/C=C/C=C/[C@H](C)[C@@H](O)[C@@H](C)[C@H](C)OC(=O)C[C@H](O)C[C@H](O)C[C@H](O)CC[C@@H](O)[C@H](O)C[C@]4(O)C[C@H](O)[C@@H](C(=O)O)[C@H](C3)O4)O[C@H](C)[C@H]2O)C1=O. The number of aryl methyl sites for hydroxylation is 2. The zero-order chi connectivity index (χ0) is 59.0. The summed E-state index contributed by atoms with van der Waals surface area (Å²) < 4.78 is 23.8. The molecule has 2 amide bonds. The molecule has 20 atom stereocenters. The van der Waals surface area contributed by atoms with E-state index < -0.39 is 165 Å². The predicted octanol–water partition coefficient (Wildman–Crippen LogP) is 2.52. The molecule has 0 aliphatic carbocycles. The second kappa shape index (κ2) is 31.0. The number of carbonyl (C=O) groups excluding carboxylic acids is 3. The van der Waals surface area contributed by atoms with E-state index in [4.69, 9.17) is 18.9 Å². The number of carbonyl (C=O) groups is 4. The number of allylic oxidation sites excluding steroid dienone is 10. The minimum Gasteiger partial charge on any atom is -0.481 e. The molecule has 0 radical (unpaired) electrons. The largest absolute Gasteiger partial charge is 0.481 e. The molecule has 4 aliphatic rings. The molecule has 21 heteroatoms. The van der Waals surface area contributed by atoms with E-state index in [9.17, 15) is 75.3 Å². The summed E-state index contributed by atoms with van der Waals surface area (Å²) in [6.07, 6.45) is 0.0230. The lowest BCUT2D eigenvalue weighted by Crippen LogP contribution is -2.65. The number of amides is 2. The summed E-state index contributed by atoms with van der Waals surface area (Å²) in [7, 11) is 0. The van der Waals surface area contributed by atoms with Gasteiger partial charge in [-0.25, -0.2) is 4.90 Å². The topological polar surface area (TPSA) is 343 Å². The Bertz CT molecular complexity index is 2350. The third-order valence-corrected chi connectivity index (χ3v) is 15.4. The number of carboxylic acid groups (broad SMARTS) is 1. The van der Waals surface area contributed by atoms with Gasteiger partial charge in [0.2, 0.25) is 5.91 Å². The van der Waals surface area contributed by atoms with Crippen molar-refractivity contribution in [2.75, 3.05) is 4.90 Å². The van der Waals surface area contributed by atoms with Crippen molar-refractivity contribution in [3.63, 3.8) is 0 Å². The maximum atomic E-state index is 13.9. The molecule has 4 heterocycles. The van der Waals surface area contributed by atoms with Gasteiger partial charge in [-0.2, -0.15) is 0 Å². The molecule has 446 valence electrons. The van der Waals surface area contributed by atoms with E-state index in [-0.39, 0.29) is 38.0 Å². The number of cyclic esters (lactones) is 1. The molecule has 12 N–H and O–H groups in total. The summed E-state index contributed by atoms with van der Waals surface area (Å²) in [5.74, 6) is -8.18. The highest BCUT2D eigenvalue weighted by Gasteiger charge is 2.52. The number of para-hydroxylation sites is 1. The van der Waals surface area contributed by atoms with Crippen molar-refractivity contribution in [2.24, 2.45) is 17.8 Å². The van der Waals surface area contributed by atoms with Crippen LogP contribution in [0.5, 0.6) is 0 Å². The van der Waals surface area contributed by atoms with E-state index in [0.29, 0.717) is 16.8 Å². The molecule has 1 aromatic carbocycles. The molecule has 0 spiro atoms. The van der Waals surface area contributed by atoms with Crippen LogP contribution >= 0.6 is 0 Å². The van der Waals surface area contributed by atoms with Crippen molar-refractivity contribution in [2.45, 2.75) is 216 Å². The van der Waals surface area contributed by atoms with E-state index in [1.165, 1.54) is 13.0 Å². The van der Waals surface area contributed by atoms with Crippen molar-refractivity contribution in [1.82, 2.24) is 5.32 Å². The van der Waals surface area contributed by atoms with Gasteiger partial charge in [-0.05, 0) is 77.3 Å². The molecule has 1 aromatic rings. The number of aliphatic carboxylic acids is 1. The second-order valence-electron chi connectivity index (χ2n) is 22.0. The Balaban J connectivity index is 1.37. The van der Waals surface area contributed by atoms with Crippen molar-refractivity contribution < 1.29 is 94.3 Å². The molecule has 3 saturated heterocycles. The standard InChI is InChI=1S/C59H86N2O19/c1-33-21-19-22-34(2)52(33)61-48(68)30-43(56(61)73)60-51-54(71)38(6)78-58(55(51)72)79-42-23-18-16-14-12-10-8-7-9-11-13-15-17-20-35(3)53(70)36(4)37(5)77-49(69)28-41(64)27-40(63)26-39(62)24-25-44(65)45(66)31-59(76)32-46(67)50(57(74)75)47(29-42)80-59/h7-8,10,12-23,35-47,50-51,53-55,58,60,62-67,70-72,76H,9,11,24-32H2,1-6H3,(H,74,75)/b8-7+,12-10+,15-13+,16-14+,20-17+,23-18+/t35-,36-,37-,38+,39+,40+,41+,42-,43?,44+,45+,46-,47-,50+,51-,53+,54+,55-,58+,59+/m0/s1. The average Bonchev–Trinajstić information content (AvgIpc) is 3.83. The van der Waals surface area contributed by atoms with Gasteiger partial charge >= 0.3 is 11.9 Å². The van der Waals surface area contributed by atoms with Crippen LogP contribution in [0.25, 0.3) is 0 Å². The van der Waals surface area contributed by atoms with Crippen LogP contribution in [-0.2, 0) is 38.1 Å². The first-order valence-corrected chi connectivity index (χ1v) is 27.8. The number of aliphatic hydroxyl groups is 10. The van der Waals surface area contributed by atoms with E-state index in [0.717, 1.165) is 17.7 Å². The van der Waals surface area contributed by atoms with Gasteiger partial charge in [0.15, 0.2) is 12.1 Å². The number of imide groups is 1. The van der Waals surface area contributed by atoms with E-state index in [1.54, 1.807) is 76.3 Å². The number of carboxylic acids is 1. The van der Waals surface area contributed by atoms with E-state index in [1.807, 2.05) is 43.4 Å². The fourth-order valence-corrected chi connectivity index (χ4v) is 10.7. The number of anilines is 1. The van der Waals surface area contributed by atoms with Crippen molar-refractivity contribution in [3.05, 3.63) is 102 Å². The fraction of sp³-hybridized carbons (Fsp3) is 0.627. The zero-order valence-electron chi connectivity index (χ0n) is 46.5. The third-order valence-electron chi connectivity index (χ3n) is 15.4. The van der Waals surface area contributed by atoms with Crippen LogP contribution in [0.1, 0.15) is 109 Å². The number of ether oxygens (including phenoxy) is 4. The molecular weight excluding hydrogens is 1040 g/mol. The Labute approximate surface area is 468 Å². The fourth-order valence-electron chi connectivity index (χ4n) is 10.7. The maximum absolute atomic E-state index is 13.9. The number of nitrogens with one attached hydrogen (secondary N) is 1. The minimum atomic E-state index is -2.43. The number of benzene rings is 1. The van der Waals surface area contributed by atoms with Gasteiger partial charge in [0, 0.05) is 31.1 Å². The Morgan fingerprint density at radius 1 is 0.688 bits per heavy atom. The number of esters is 1. The predicted molar refractivity (Wildman–Crippen MR) is 293 cm³/mol. The van der Waals surface area contributed by atoms with Crippen LogP contribution in [-0.4, -0.2) is 183 Å². The van der Waals surface area contributed by atoms with Gasteiger partial charge in [-0.3, -0.25) is 24.5 Å². The lowest BCUT2D eigenvalue weighted by Gasteiger charge is -2.46. The average molecular weight is 1130 g/mol. The number of rotatable bonds is 6. The van der Waals surface area contributed by atoms with Crippen LogP contribution in [0.15, 0.2) is 91.1 Å². The molecule has 3 fully saturated rings. The van der Waals surface area contributed by atoms with Crippen LogP contribution < -0.4 is 10.2 Å². The summed E-state index contributed by atoms with van der Waals surface area (Å²) in [6, 6.07) is 2.89. The molecule has 0 aromatic heterocycles. The Hall–Kier alpha value is -4.82. The van der Waals surface area contributed by atoms with Gasteiger partial charge in [0.05, 0.1) is 97.8 Å². The van der Waals surface area contributed by atoms with E-state index >= 15 is 0 Å². The summed E-state index contributed by atoms with van der Waals surface area (Å²) >= 11 is 0. The summed E-state index contributed by atoms with van der Waals surface area (Å²) in [5.41, 5.74) is 1.83. The summed E-state index contributed by atoms with van der Waals surface area (Å²) in [4.78, 5) is 53.8. The summed E-state index contributed by atoms with van der Waals surface area (Å²) in [6.45, 7) is 10.3. The van der Waals surface area contributed by atoms with E-state index in [2.05, 4.69) is 5.32 Å². The number of hydrogen-bond donors (Lipinski definition) is 12. The van der Waals surface area contributed by atoms with Crippen LogP contribution in [0.3, 0.4) is 0 Å². The molecule has 4 aliphatic heterocycles. The quantitative estimate of drug-likeness (QED) is 0.144. The van der Waals surface area contributed by atoms with Gasteiger partial charge in [-0.1, -0.05) is 105 Å². The Morgan fingerprint density at radius 3 is 1.95 bits per heavy atom. The first-order chi connectivity index (χ1) is 37.8. The van der Waals surface area contributed by atoms with Crippen LogP contribution in [0, 0.1) is 31.6 Å². The van der Waals surface area contributed by atoms with Crippen LogP contribution in [0.4, 0.5) is 5.69 Å². The van der Waals surface area contributed by atoms with Crippen molar-refractivity contribution in [3.8, 4) is 0 Å². The van der Waals surface area contributed by atoms with Crippen molar-refractivity contribution >= 4 is 29.4 Å². The van der Waals surface area contributed by atoms with Gasteiger partial charge in [-0.15, -0.1) is 0 Å². The second-order valence-corrected chi connectivity index (χ2v) is 22.0. The summed E-state index contributed by atoms with van der Waals surface area (Å²) in [5, 5.41) is 125. The molecule has 80 heavy (non-hydrogen) atoms. The molecule has 1 unspecified atom stereocenters. The zero-order valence-corrected chi connectivity index (χ0v) is 46.5. The number of fused-ring (bicyclic) bond motifs is 2. The first-order valence-electron chi connectivity index (χ1n) is 27.8. The molecule has 2 bridgehead atoms. The molecule has 0 saturated carbocycles. The molecule has 5 rings (SSSR count). The smallest absolute Gasteiger partial charge is 0.311 e. The maximum Gasteiger partial charge on any atom is 0.311 e. The molecular formula is C59H86N2O19. The monoisotopic (exact) mass is 1130 g/mol. The Kier molecular flexibility index (Phi) is 25.6. The molecule has 21 nitrogen and oxygen atoms in total. The highest BCUT2D eigenvalue weighted by Crippen LogP contribution is 2.39. The van der Waals surface area contributed by atoms with Crippen molar-refractivity contribution in [1.29, 1.82) is 0 Å². The lowest BCUT2D eigenvalue weighted by molar-refractivity contribution is -0.310. The lowest BCUT2D eigenvalue weighted by atomic mass is 9.82. The third kappa shape index (κ3) is 18.9. The number of aliphatic hydroxyl groups excluding tert-OH is 9. The first kappa shape index (κ1) is 66.0. The van der Waals surface area contributed by atoms with Gasteiger partial charge in [0.1, 0.15) is 18.1 Å². The van der Waals surface area contributed by atoms with Gasteiger partial charge < -0.3 is 75.1 Å². The highest BCUT2D eigenvalue weighted by molar-refractivity contribution is 6.23. The number of nitrogens with zero attached hydrogens (tertiary/aromatic N) is 1. The highest BCUT2D eigenvalue weighted by atomic mass is 16.7. The minimum absolute atomic E-state index is 0.172. The normalized spacial score (nSPS) is 41.0. The van der Waals surface area contributed by atoms with Gasteiger partial charge in [0.25, 0.3) is 5.91 Å².